The largest absolute Gasteiger partial charge is 0.508 e. The van der Waals surface area contributed by atoms with Crippen LogP contribution in [0, 0.1) is 17.6 Å². The number of nitrogens with zero attached hydrogens (tertiary/aromatic N) is 9. The van der Waals surface area contributed by atoms with Crippen molar-refractivity contribution in [3.8, 4) is 51.3 Å². The van der Waals surface area contributed by atoms with E-state index in [1.165, 1.54) is 24.4 Å². The molecule has 2 amide bonds. The third-order valence-corrected chi connectivity index (χ3v) is 16.1. The molecule has 4 aliphatic heterocycles. The summed E-state index contributed by atoms with van der Waals surface area (Å²) >= 11 is 0. The van der Waals surface area contributed by atoms with Gasteiger partial charge in [-0.15, -0.1) is 5.10 Å². The van der Waals surface area contributed by atoms with Gasteiger partial charge in [0.1, 0.15) is 64.6 Å². The molecule has 8 aromatic rings. The molecule has 8 heterocycles. The van der Waals surface area contributed by atoms with E-state index >= 15 is 4.39 Å². The van der Waals surface area contributed by atoms with Crippen molar-refractivity contribution in [3.63, 3.8) is 0 Å². The van der Waals surface area contributed by atoms with E-state index in [-0.39, 0.29) is 72.3 Å². The summed E-state index contributed by atoms with van der Waals surface area (Å²) in [5, 5.41) is 37.3. The molecule has 5 atom stereocenters. The van der Waals surface area contributed by atoms with Crippen molar-refractivity contribution in [1.29, 1.82) is 0 Å². The van der Waals surface area contributed by atoms with Gasteiger partial charge in [0.25, 0.3) is 0 Å². The van der Waals surface area contributed by atoms with E-state index in [1.807, 2.05) is 56.1 Å². The summed E-state index contributed by atoms with van der Waals surface area (Å²) in [5.41, 5.74) is 6.03. The second kappa shape index (κ2) is 24.5. The van der Waals surface area contributed by atoms with Gasteiger partial charge in [0.2, 0.25) is 12.3 Å². The van der Waals surface area contributed by atoms with Gasteiger partial charge in [-0.3, -0.25) is 19.6 Å². The van der Waals surface area contributed by atoms with E-state index in [0.29, 0.717) is 87.6 Å². The number of pyridine rings is 2. The summed E-state index contributed by atoms with van der Waals surface area (Å²) in [4.78, 5) is 47.6. The van der Waals surface area contributed by atoms with Crippen LogP contribution in [0.25, 0.3) is 55.4 Å². The van der Waals surface area contributed by atoms with Crippen molar-refractivity contribution in [3.05, 3.63) is 132 Å². The number of aliphatic hydroxyl groups is 1. The Kier molecular flexibility index (Phi) is 16.6. The molecule has 4 aromatic carbocycles. The van der Waals surface area contributed by atoms with Crippen LogP contribution in [0.2, 0.25) is 0 Å². The summed E-state index contributed by atoms with van der Waals surface area (Å²) in [6, 6.07) is 24.2. The molecular weight excluding hydrogens is 1050 g/mol. The highest BCUT2D eigenvalue weighted by atomic mass is 19.1. The highest BCUT2D eigenvalue weighted by Gasteiger charge is 2.40. The number of piperazine rings is 1. The fourth-order valence-corrected chi connectivity index (χ4v) is 11.8. The normalized spacial score (nSPS) is 18.7. The lowest BCUT2D eigenvalue weighted by molar-refractivity contribution is -0.137. The Labute approximate surface area is 473 Å². The lowest BCUT2D eigenvalue weighted by atomic mass is 9.94. The monoisotopic (exact) mass is 1120 g/mol. The van der Waals surface area contributed by atoms with Crippen LogP contribution in [0.15, 0.2) is 104 Å². The van der Waals surface area contributed by atoms with E-state index < -0.39 is 12.1 Å². The predicted molar refractivity (Wildman–Crippen MR) is 306 cm³/mol. The fourth-order valence-electron chi connectivity index (χ4n) is 11.8. The molecule has 0 aliphatic carbocycles. The lowest BCUT2D eigenvalue weighted by Crippen LogP contribution is -2.44. The zero-order chi connectivity index (χ0) is 57.0. The Hall–Kier alpha value is -8.20. The van der Waals surface area contributed by atoms with Crippen LogP contribution in [0.5, 0.6) is 17.5 Å². The van der Waals surface area contributed by atoms with Crippen LogP contribution in [0.3, 0.4) is 0 Å². The summed E-state index contributed by atoms with van der Waals surface area (Å²) in [5.74, 6) is 0.523. The maximum atomic E-state index is 15.6. The number of carbonyl (C=O) groups excluding carboxylic acids is 2. The van der Waals surface area contributed by atoms with E-state index in [0.717, 1.165) is 74.2 Å². The van der Waals surface area contributed by atoms with Crippen molar-refractivity contribution in [2.75, 3.05) is 44.4 Å². The Balaban J connectivity index is 0.000000315. The first-order chi connectivity index (χ1) is 39.9. The van der Waals surface area contributed by atoms with Crippen LogP contribution in [0.1, 0.15) is 88.6 Å². The number of carbonyl (C=O) groups is 2. The molecule has 0 saturated carbocycles. The van der Waals surface area contributed by atoms with Gasteiger partial charge in [0.15, 0.2) is 5.75 Å². The number of hydrogen-bond acceptors (Lipinski definition) is 15. The second-order valence-electron chi connectivity index (χ2n) is 21.8. The van der Waals surface area contributed by atoms with E-state index in [1.54, 1.807) is 53.3 Å². The Bertz CT molecular complexity index is 3580. The molecule has 20 heteroatoms. The maximum absolute atomic E-state index is 15.6. The molecule has 426 valence electrons. The number of nitrogens with one attached hydrogen (secondary N) is 2. The number of aliphatic hydroxyl groups excluding tert-OH is 1. The van der Waals surface area contributed by atoms with E-state index in [9.17, 15) is 19.1 Å². The molecule has 0 spiro atoms. The number of rotatable bonds is 17. The number of amides is 2. The molecule has 5 unspecified atom stereocenters. The number of phenols is 1. The highest BCUT2D eigenvalue weighted by molar-refractivity contribution is 6.04. The molecule has 4 aliphatic rings. The standard InChI is InChI=1S/C48H54FN9O5.C14H13FN2O2/c1-5-36-39(49)13-12-31-19-34(59)21-37(41(31)36)42-45(43-38(23-51-42)46(57-24-32-20-33(57)22-50-32)53-48(52-43)63-35-14-17-61-18-15-35)62-26-29-8-10-30(11-9-29)40-25-58(55-54-40)44(27(2)3)47(60)56-16-6-7-28(56)4;15-12-2-1-7-16-14(12)11-5-3-10(4-6-11)13(8-18)17-9-19/h8-13,19,21,23,25,27-28,32-33,35,44,50,59H,5-7,14-18,20,22,24,26H2,1-4H3;1-7,9,13,18H,8H2,(H,17,19). The number of ether oxygens (including phenoxy) is 3. The van der Waals surface area contributed by atoms with Gasteiger partial charge in [0, 0.05) is 79.7 Å². The van der Waals surface area contributed by atoms with Crippen LogP contribution in [-0.4, -0.2) is 126 Å². The third-order valence-electron chi connectivity index (χ3n) is 16.1. The van der Waals surface area contributed by atoms with Gasteiger partial charge in [-0.2, -0.15) is 9.97 Å². The van der Waals surface area contributed by atoms with Crippen molar-refractivity contribution in [2.45, 2.75) is 109 Å². The first kappa shape index (κ1) is 55.7. The minimum Gasteiger partial charge on any atom is -0.508 e. The molecule has 82 heavy (non-hydrogen) atoms. The van der Waals surface area contributed by atoms with Crippen molar-refractivity contribution in [2.24, 2.45) is 5.92 Å². The number of benzene rings is 4. The molecule has 4 N–H and O–H groups in total. The van der Waals surface area contributed by atoms with E-state index in [4.69, 9.17) is 34.3 Å². The summed E-state index contributed by atoms with van der Waals surface area (Å²) < 4.78 is 49.9. The smallest absolute Gasteiger partial charge is 0.319 e. The summed E-state index contributed by atoms with van der Waals surface area (Å²) in [6.07, 6.45) is 10.5. The summed E-state index contributed by atoms with van der Waals surface area (Å²) in [6.45, 7) is 11.7. The third kappa shape index (κ3) is 11.5. The maximum Gasteiger partial charge on any atom is 0.319 e. The number of likely N-dealkylation sites (tertiary alicyclic amines) is 1. The summed E-state index contributed by atoms with van der Waals surface area (Å²) in [7, 11) is 0. The van der Waals surface area contributed by atoms with Crippen LogP contribution in [0.4, 0.5) is 14.6 Å². The average molecular weight is 1120 g/mol. The quantitative estimate of drug-likeness (QED) is 0.0626. The van der Waals surface area contributed by atoms with Crippen molar-refractivity contribution in [1.82, 2.24) is 50.5 Å². The highest BCUT2D eigenvalue weighted by Crippen LogP contribution is 2.45. The van der Waals surface area contributed by atoms with Gasteiger partial charge in [-0.05, 0) is 96.3 Å². The minimum absolute atomic E-state index is 0.0220. The van der Waals surface area contributed by atoms with Crippen molar-refractivity contribution < 1.29 is 42.8 Å². The molecule has 4 saturated heterocycles. The van der Waals surface area contributed by atoms with Gasteiger partial charge in [-0.25, -0.2) is 13.5 Å². The number of halogens is 2. The average Bonchev–Trinajstić information content (AvgIpc) is 4.45. The molecular formula is C62H67F2N11O7. The first-order valence-corrected chi connectivity index (χ1v) is 28.2. The first-order valence-electron chi connectivity index (χ1n) is 28.2. The van der Waals surface area contributed by atoms with Crippen LogP contribution in [-0.2, 0) is 27.4 Å². The number of anilines is 1. The number of aromatic nitrogens is 7. The topological polar surface area (TPSA) is 215 Å². The number of fused-ring (bicyclic) bond motifs is 4. The number of phenolic OH excluding ortho intramolecular Hbond substituents is 1. The number of aryl methyl sites for hydroxylation is 1. The second-order valence-corrected chi connectivity index (χ2v) is 21.8. The van der Waals surface area contributed by atoms with Crippen LogP contribution >= 0.6 is 0 Å². The fraction of sp³-hybridized carbons (Fsp3) is 0.387. The van der Waals surface area contributed by atoms with Crippen molar-refractivity contribution >= 4 is 39.8 Å². The molecule has 2 bridgehead atoms. The predicted octanol–water partition coefficient (Wildman–Crippen LogP) is 9.07. The lowest BCUT2D eigenvalue weighted by Gasteiger charge is -2.30. The van der Waals surface area contributed by atoms with Gasteiger partial charge >= 0.3 is 6.01 Å². The SMILES string of the molecule is CCc1c(F)ccc2cc(O)cc(-c3ncc4c(N5CC6CC5CN6)nc(OC5CCOCC5)nc4c3OCc3ccc(-c4cn(C(C(=O)N5CCCC5C)C(C)C)nn4)cc3)c12.O=CNC(CO)c1ccc(-c2ncccc2F)cc1. The van der Waals surface area contributed by atoms with Gasteiger partial charge < -0.3 is 44.9 Å². The molecule has 12 rings (SSSR count). The number of aromatic hydroxyl groups is 1. The zero-order valence-electron chi connectivity index (χ0n) is 46.3. The Morgan fingerprint density at radius 2 is 1.76 bits per heavy atom. The molecule has 4 fully saturated rings. The number of hydrogen-bond donors (Lipinski definition) is 4. The minimum atomic E-state index is -0.458. The molecule has 0 radical (unpaired) electrons. The Morgan fingerprint density at radius 1 is 0.963 bits per heavy atom. The Morgan fingerprint density at radius 3 is 2.44 bits per heavy atom. The van der Waals surface area contributed by atoms with E-state index in [2.05, 4.69) is 37.8 Å². The molecule has 4 aromatic heterocycles. The molecule has 18 nitrogen and oxygen atoms in total. The van der Waals surface area contributed by atoms with Crippen LogP contribution < -0.4 is 25.0 Å². The van der Waals surface area contributed by atoms with Gasteiger partial charge in [0.05, 0.1) is 37.4 Å². The van der Waals surface area contributed by atoms with Gasteiger partial charge in [-0.1, -0.05) is 80.6 Å². The zero-order valence-corrected chi connectivity index (χ0v) is 46.3.